The number of aliphatic hydroxyl groups excluding tert-OH is 3. The van der Waals surface area contributed by atoms with E-state index in [-0.39, 0.29) is 31.0 Å². The molecule has 0 aromatic heterocycles. The molecule has 0 radical (unpaired) electrons. The molecule has 18 heteroatoms. The SMILES string of the molecule is CCCCCCCCCCCCCCCC(=O)O[C@H](COC(=O)CCC/C=C\C[C@H]1[C@@H](O)CC(=O)[C@@H]1/C=C/[C@@H](O)CCCCC)COP(=O)(O)OC[C@@H](O)COP(=O)(O)O. The smallest absolute Gasteiger partial charge is 0.462 e. The third-order valence-electron chi connectivity index (χ3n) is 10.2. The van der Waals surface area contributed by atoms with Crippen LogP contribution in [0.15, 0.2) is 24.3 Å². The van der Waals surface area contributed by atoms with Crippen LogP contribution in [0.25, 0.3) is 0 Å². The van der Waals surface area contributed by atoms with Crippen molar-refractivity contribution in [2.75, 3.05) is 26.4 Å². The van der Waals surface area contributed by atoms with Crippen LogP contribution in [0, 0.1) is 11.8 Å². The van der Waals surface area contributed by atoms with Gasteiger partial charge in [-0.15, -0.1) is 0 Å². The van der Waals surface area contributed by atoms with Crippen molar-refractivity contribution in [3.63, 3.8) is 0 Å². The number of allylic oxidation sites excluding steroid dienone is 3. The van der Waals surface area contributed by atoms with Gasteiger partial charge >= 0.3 is 27.6 Å². The summed E-state index contributed by atoms with van der Waals surface area (Å²) in [5.41, 5.74) is 0. The topological polar surface area (TPSA) is 253 Å². The molecule has 1 aliphatic carbocycles. The number of ketones is 1. The van der Waals surface area contributed by atoms with E-state index in [2.05, 4.69) is 22.9 Å². The summed E-state index contributed by atoms with van der Waals surface area (Å²) in [4.78, 5) is 65.4. The van der Waals surface area contributed by atoms with E-state index in [1.165, 1.54) is 51.4 Å². The van der Waals surface area contributed by atoms with E-state index in [1.54, 1.807) is 12.2 Å². The molecule has 0 heterocycles. The summed E-state index contributed by atoms with van der Waals surface area (Å²) in [5, 5.41) is 30.5. The van der Waals surface area contributed by atoms with Crippen molar-refractivity contribution < 1.29 is 76.6 Å². The molecule has 0 amide bonds. The molecular weight excluding hydrogens is 822 g/mol. The molecule has 0 saturated heterocycles. The number of aliphatic hydroxyl groups is 3. The fraction of sp³-hybridized carbons (Fsp3) is 0.833. The zero-order valence-corrected chi connectivity index (χ0v) is 37.8. The second-order valence-corrected chi connectivity index (χ2v) is 18.5. The van der Waals surface area contributed by atoms with Crippen molar-refractivity contribution in [2.24, 2.45) is 11.8 Å². The van der Waals surface area contributed by atoms with Gasteiger partial charge in [0.2, 0.25) is 0 Å². The van der Waals surface area contributed by atoms with Crippen LogP contribution < -0.4 is 0 Å². The molecule has 1 unspecified atom stereocenters. The Morgan fingerprint density at radius 2 is 1.27 bits per heavy atom. The molecule has 1 rings (SSSR count). The molecule has 7 atom stereocenters. The number of unbranched alkanes of at least 4 members (excludes halogenated alkanes) is 15. The number of phosphoric ester groups is 2. The van der Waals surface area contributed by atoms with E-state index in [4.69, 9.17) is 23.8 Å². The van der Waals surface area contributed by atoms with Crippen LogP contribution in [0.3, 0.4) is 0 Å². The standard InChI is InChI=1S/C42H76O16P2/c1-3-5-7-8-9-10-11-12-13-14-15-16-22-26-42(48)58-36(33-57-60(52,53)56-31-35(44)30-55-59(49,50)51)32-54-41(47)25-21-18-17-20-24-37-38(40(46)29-39(37)45)28-27-34(43)23-19-6-4-2/h17,20,27-28,34-39,43-45H,3-16,18-19,21-26,29-33H2,1-2H3,(H,52,53)(H2,49,50,51)/b20-17-,28-27+/t34-,35-,36+,37+,38+,39-/m0/s1. The Kier molecular flexibility index (Phi) is 31.6. The average Bonchev–Trinajstić information content (AvgIpc) is 3.46. The lowest BCUT2D eigenvalue weighted by atomic mass is 9.90. The number of rotatable bonds is 38. The first-order valence-corrected chi connectivity index (χ1v) is 25.2. The van der Waals surface area contributed by atoms with E-state index in [9.17, 15) is 43.7 Å². The minimum Gasteiger partial charge on any atom is -0.462 e. The summed E-state index contributed by atoms with van der Waals surface area (Å²) in [5.74, 6) is -2.07. The fourth-order valence-corrected chi connectivity index (χ4v) is 7.90. The van der Waals surface area contributed by atoms with Crippen molar-refractivity contribution in [1.82, 2.24) is 0 Å². The maximum Gasteiger partial charge on any atom is 0.472 e. The highest BCUT2D eigenvalue weighted by atomic mass is 31.2. The molecule has 0 spiro atoms. The number of ether oxygens (including phenoxy) is 2. The minimum atomic E-state index is -4.89. The highest BCUT2D eigenvalue weighted by Gasteiger charge is 2.39. The summed E-state index contributed by atoms with van der Waals surface area (Å²) in [7, 11) is -9.76. The van der Waals surface area contributed by atoms with E-state index in [0.29, 0.717) is 32.1 Å². The summed E-state index contributed by atoms with van der Waals surface area (Å²) >= 11 is 0. The molecule has 1 fully saturated rings. The van der Waals surface area contributed by atoms with E-state index in [1.807, 2.05) is 12.2 Å². The van der Waals surface area contributed by atoms with Crippen molar-refractivity contribution in [2.45, 2.75) is 186 Å². The van der Waals surface area contributed by atoms with Gasteiger partial charge in [-0.25, -0.2) is 9.13 Å². The van der Waals surface area contributed by atoms with Gasteiger partial charge in [-0.3, -0.25) is 28.0 Å². The van der Waals surface area contributed by atoms with Gasteiger partial charge in [0.25, 0.3) is 0 Å². The Morgan fingerprint density at radius 3 is 1.88 bits per heavy atom. The monoisotopic (exact) mass is 898 g/mol. The predicted molar refractivity (Wildman–Crippen MR) is 226 cm³/mol. The Labute approximate surface area is 357 Å². The first-order valence-electron chi connectivity index (χ1n) is 22.1. The van der Waals surface area contributed by atoms with Crippen LogP contribution in [-0.4, -0.2) is 98.6 Å². The van der Waals surface area contributed by atoms with Gasteiger partial charge in [0.1, 0.15) is 18.5 Å². The third-order valence-corrected chi connectivity index (χ3v) is 11.6. The number of hydrogen-bond donors (Lipinski definition) is 6. The van der Waals surface area contributed by atoms with E-state index >= 15 is 0 Å². The molecule has 0 aromatic carbocycles. The zero-order valence-electron chi connectivity index (χ0n) is 36.0. The lowest BCUT2D eigenvalue weighted by Gasteiger charge is -2.20. The fourth-order valence-electron chi connectivity index (χ4n) is 6.74. The van der Waals surface area contributed by atoms with Crippen LogP contribution >= 0.6 is 15.6 Å². The van der Waals surface area contributed by atoms with Crippen LogP contribution in [0.2, 0.25) is 0 Å². The molecule has 350 valence electrons. The number of carbonyl (C=O) groups is 3. The highest BCUT2D eigenvalue weighted by Crippen LogP contribution is 2.44. The number of carbonyl (C=O) groups excluding carboxylic acids is 3. The first kappa shape index (κ1) is 56.2. The van der Waals surface area contributed by atoms with Crippen molar-refractivity contribution >= 4 is 33.4 Å². The molecule has 1 saturated carbocycles. The van der Waals surface area contributed by atoms with Crippen molar-refractivity contribution in [1.29, 1.82) is 0 Å². The molecule has 0 aromatic rings. The lowest BCUT2D eigenvalue weighted by molar-refractivity contribution is -0.161. The Bertz CT molecular complexity index is 1320. The number of hydrogen-bond acceptors (Lipinski definition) is 13. The zero-order chi connectivity index (χ0) is 44.7. The Balaban J connectivity index is 2.57. The maximum atomic E-state index is 12.7. The number of esters is 2. The Hall–Kier alpha value is -1.81. The second-order valence-electron chi connectivity index (χ2n) is 15.8. The van der Waals surface area contributed by atoms with Gasteiger partial charge in [-0.05, 0) is 32.1 Å². The van der Waals surface area contributed by atoms with Crippen LogP contribution in [-0.2, 0) is 46.6 Å². The van der Waals surface area contributed by atoms with Gasteiger partial charge in [0.05, 0.1) is 32.0 Å². The largest absolute Gasteiger partial charge is 0.472 e. The van der Waals surface area contributed by atoms with Gasteiger partial charge in [-0.1, -0.05) is 134 Å². The normalized spacial score (nSPS) is 19.8. The summed E-state index contributed by atoms with van der Waals surface area (Å²) < 4.78 is 47.7. The third kappa shape index (κ3) is 30.3. The van der Waals surface area contributed by atoms with Gasteiger partial charge < -0.3 is 39.5 Å². The lowest BCUT2D eigenvalue weighted by Crippen LogP contribution is -2.30. The molecule has 6 N–H and O–H groups in total. The quantitative estimate of drug-likeness (QED) is 0.0150. The molecule has 16 nitrogen and oxygen atoms in total. The summed E-state index contributed by atoms with van der Waals surface area (Å²) in [6.07, 6.45) is 22.6. The summed E-state index contributed by atoms with van der Waals surface area (Å²) in [6.45, 7) is 1.36. The van der Waals surface area contributed by atoms with Crippen molar-refractivity contribution in [3.8, 4) is 0 Å². The second kappa shape index (κ2) is 33.7. The van der Waals surface area contributed by atoms with Crippen LogP contribution in [0.5, 0.6) is 0 Å². The van der Waals surface area contributed by atoms with Gasteiger partial charge in [-0.2, -0.15) is 0 Å². The van der Waals surface area contributed by atoms with Gasteiger partial charge in [0, 0.05) is 31.1 Å². The van der Waals surface area contributed by atoms with Gasteiger partial charge in [0.15, 0.2) is 6.10 Å². The Morgan fingerprint density at radius 1 is 0.717 bits per heavy atom. The molecule has 0 aliphatic heterocycles. The molecule has 60 heavy (non-hydrogen) atoms. The number of Topliss-reactive ketones (excluding diaryl/α,β-unsaturated/α-hetero) is 1. The molecule has 0 bridgehead atoms. The molecule has 1 aliphatic rings. The summed E-state index contributed by atoms with van der Waals surface area (Å²) in [6, 6.07) is 0. The predicted octanol–water partition coefficient (Wildman–Crippen LogP) is 7.71. The van der Waals surface area contributed by atoms with Crippen LogP contribution in [0.1, 0.15) is 162 Å². The molecular formula is C42H76O16P2. The van der Waals surface area contributed by atoms with Crippen molar-refractivity contribution in [3.05, 3.63) is 24.3 Å². The van der Waals surface area contributed by atoms with E-state index in [0.717, 1.165) is 44.9 Å². The average molecular weight is 899 g/mol. The maximum absolute atomic E-state index is 12.7. The minimum absolute atomic E-state index is 0.00677. The van der Waals surface area contributed by atoms with Crippen LogP contribution in [0.4, 0.5) is 0 Å². The number of phosphoric acid groups is 2. The highest BCUT2D eigenvalue weighted by molar-refractivity contribution is 7.47. The van der Waals surface area contributed by atoms with E-state index < -0.39 is 84.3 Å². The first-order chi connectivity index (χ1) is 28.6.